The average Bonchev–Trinajstić information content (AvgIpc) is 2.22. The molecule has 0 aliphatic rings. The van der Waals surface area contributed by atoms with Crippen molar-refractivity contribution in [1.29, 1.82) is 0 Å². The molecule has 82 valence electrons. The van der Waals surface area contributed by atoms with Crippen LogP contribution in [-0.2, 0) is 0 Å². The first-order valence-electron chi connectivity index (χ1n) is 4.53. The van der Waals surface area contributed by atoms with Gasteiger partial charge in [-0.1, -0.05) is 33.6 Å². The lowest BCUT2D eigenvalue weighted by Gasteiger charge is -2.07. The summed E-state index contributed by atoms with van der Waals surface area (Å²) >= 11 is 9.26. The Hall–Kier alpha value is -1.06. The molecular weight excluding hydrogens is 294 g/mol. The van der Waals surface area contributed by atoms with Gasteiger partial charge in [-0.2, -0.15) is 0 Å². The summed E-state index contributed by atoms with van der Waals surface area (Å²) in [4.78, 5) is 0. The molecule has 0 atom stereocenters. The first-order chi connectivity index (χ1) is 7.65. The average molecular weight is 302 g/mol. The Morgan fingerprint density at radius 3 is 2.62 bits per heavy atom. The van der Waals surface area contributed by atoms with Crippen LogP contribution in [0.5, 0.6) is 11.5 Å². The largest absolute Gasteiger partial charge is 0.456 e. The van der Waals surface area contributed by atoms with Crippen molar-refractivity contribution in [3.63, 3.8) is 0 Å². The van der Waals surface area contributed by atoms with Gasteiger partial charge in [-0.15, -0.1) is 0 Å². The third-order valence-corrected chi connectivity index (χ3v) is 2.71. The van der Waals surface area contributed by atoms with Gasteiger partial charge in [0.2, 0.25) is 0 Å². The molecule has 0 radical (unpaired) electrons. The minimum atomic E-state index is -0.342. The molecule has 0 amide bonds. The minimum absolute atomic E-state index is 0.342. The lowest BCUT2D eigenvalue weighted by atomic mass is 10.3. The van der Waals surface area contributed by atoms with Gasteiger partial charge in [0.15, 0.2) is 0 Å². The zero-order valence-corrected chi connectivity index (χ0v) is 10.4. The van der Waals surface area contributed by atoms with Crippen LogP contribution in [0.2, 0.25) is 5.02 Å². The second-order valence-corrected chi connectivity index (χ2v) is 4.46. The Balaban J connectivity index is 2.27. The van der Waals surface area contributed by atoms with Crippen LogP contribution < -0.4 is 4.74 Å². The fourth-order valence-electron chi connectivity index (χ4n) is 1.22. The first-order valence-corrected chi connectivity index (χ1v) is 5.71. The molecule has 4 heteroatoms. The van der Waals surface area contributed by atoms with Gasteiger partial charge in [-0.3, -0.25) is 0 Å². The van der Waals surface area contributed by atoms with Crippen molar-refractivity contribution < 1.29 is 9.13 Å². The van der Waals surface area contributed by atoms with Crippen LogP contribution in [0.3, 0.4) is 0 Å². The van der Waals surface area contributed by atoms with Crippen molar-refractivity contribution in [2.24, 2.45) is 0 Å². The molecule has 0 fully saturated rings. The third-order valence-electron chi connectivity index (χ3n) is 1.92. The highest BCUT2D eigenvalue weighted by atomic mass is 79.9. The maximum absolute atomic E-state index is 12.9. The molecule has 2 rings (SSSR count). The minimum Gasteiger partial charge on any atom is -0.456 e. The Kier molecular flexibility index (Phi) is 3.46. The van der Waals surface area contributed by atoms with Crippen molar-refractivity contribution in [3.8, 4) is 11.5 Å². The van der Waals surface area contributed by atoms with Gasteiger partial charge in [-0.25, -0.2) is 4.39 Å². The Labute approximate surface area is 106 Å². The second kappa shape index (κ2) is 4.85. The molecule has 0 bridgehead atoms. The van der Waals surface area contributed by atoms with Crippen LogP contribution in [0.4, 0.5) is 4.39 Å². The van der Waals surface area contributed by atoms with Crippen molar-refractivity contribution in [2.75, 3.05) is 0 Å². The maximum Gasteiger partial charge on any atom is 0.146 e. The molecular formula is C12H7BrClFO. The third kappa shape index (κ3) is 2.74. The lowest BCUT2D eigenvalue weighted by Crippen LogP contribution is -1.86. The Morgan fingerprint density at radius 2 is 1.94 bits per heavy atom. The molecule has 0 N–H and O–H groups in total. The molecule has 0 aromatic heterocycles. The second-order valence-electron chi connectivity index (χ2n) is 3.13. The fraction of sp³-hybridized carbons (Fsp3) is 0. The summed E-state index contributed by atoms with van der Waals surface area (Å²) in [5, 5.41) is 0.471. The number of halogens is 3. The van der Waals surface area contributed by atoms with Crippen molar-refractivity contribution in [1.82, 2.24) is 0 Å². The molecule has 1 nitrogen and oxygen atoms in total. The molecule has 0 spiro atoms. The zero-order valence-electron chi connectivity index (χ0n) is 8.08. The number of rotatable bonds is 2. The van der Waals surface area contributed by atoms with Gasteiger partial charge in [0.25, 0.3) is 0 Å². The van der Waals surface area contributed by atoms with Gasteiger partial charge in [-0.05, 0) is 30.3 Å². The van der Waals surface area contributed by atoms with Crippen LogP contribution >= 0.6 is 27.5 Å². The van der Waals surface area contributed by atoms with Gasteiger partial charge >= 0.3 is 0 Å². The summed E-state index contributed by atoms with van der Waals surface area (Å²) in [7, 11) is 0. The van der Waals surface area contributed by atoms with Crippen LogP contribution in [0.25, 0.3) is 0 Å². The van der Waals surface area contributed by atoms with Crippen LogP contribution in [0.15, 0.2) is 46.9 Å². The number of ether oxygens (including phenoxy) is 1. The SMILES string of the molecule is Fc1cccc(Oc2ccc(Br)cc2Cl)c1. The van der Waals surface area contributed by atoms with Gasteiger partial charge in [0.1, 0.15) is 17.3 Å². The Bertz CT molecular complexity index is 516. The van der Waals surface area contributed by atoms with Crippen molar-refractivity contribution >= 4 is 27.5 Å². The smallest absolute Gasteiger partial charge is 0.146 e. The molecule has 0 heterocycles. The molecule has 2 aromatic rings. The number of hydrogen-bond acceptors (Lipinski definition) is 1. The maximum atomic E-state index is 12.9. The van der Waals surface area contributed by atoms with Gasteiger partial charge < -0.3 is 4.74 Å². The van der Waals surface area contributed by atoms with Crippen LogP contribution in [0.1, 0.15) is 0 Å². The molecule has 0 aliphatic heterocycles. The summed E-state index contributed by atoms with van der Waals surface area (Å²) in [5.74, 6) is 0.574. The summed E-state index contributed by atoms with van der Waals surface area (Å²) in [6.07, 6.45) is 0. The van der Waals surface area contributed by atoms with E-state index in [9.17, 15) is 4.39 Å². The predicted octanol–water partition coefficient (Wildman–Crippen LogP) is 5.03. The predicted molar refractivity (Wildman–Crippen MR) is 65.6 cm³/mol. The summed E-state index contributed by atoms with van der Waals surface area (Å²) in [6.45, 7) is 0. The first kappa shape index (κ1) is 11.4. The number of benzene rings is 2. The van der Waals surface area contributed by atoms with Crippen LogP contribution in [0, 0.1) is 5.82 Å². The van der Waals surface area contributed by atoms with E-state index in [1.54, 1.807) is 30.3 Å². The van der Waals surface area contributed by atoms with Crippen molar-refractivity contribution in [2.45, 2.75) is 0 Å². The van der Waals surface area contributed by atoms with Gasteiger partial charge in [0.05, 0.1) is 5.02 Å². The van der Waals surface area contributed by atoms with E-state index in [-0.39, 0.29) is 5.82 Å². The van der Waals surface area contributed by atoms with E-state index >= 15 is 0 Å². The van der Waals surface area contributed by atoms with E-state index < -0.39 is 0 Å². The van der Waals surface area contributed by atoms with E-state index in [2.05, 4.69) is 15.9 Å². The molecule has 16 heavy (non-hydrogen) atoms. The topological polar surface area (TPSA) is 9.23 Å². The van der Waals surface area contributed by atoms with E-state index in [0.717, 1.165) is 4.47 Å². The monoisotopic (exact) mass is 300 g/mol. The van der Waals surface area contributed by atoms with Crippen molar-refractivity contribution in [3.05, 3.63) is 57.8 Å². The Morgan fingerprint density at radius 1 is 1.12 bits per heavy atom. The van der Waals surface area contributed by atoms with Gasteiger partial charge in [0, 0.05) is 10.5 Å². The normalized spacial score (nSPS) is 10.2. The summed E-state index contributed by atoms with van der Waals surface area (Å²) < 4.78 is 19.2. The number of hydrogen-bond donors (Lipinski definition) is 0. The standard InChI is InChI=1S/C12H7BrClFO/c13-8-4-5-12(11(14)6-8)16-10-3-1-2-9(15)7-10/h1-7H. The highest BCUT2D eigenvalue weighted by Gasteiger charge is 2.04. The summed E-state index contributed by atoms with van der Waals surface area (Å²) in [6, 6.07) is 11.2. The highest BCUT2D eigenvalue weighted by Crippen LogP contribution is 2.31. The zero-order chi connectivity index (χ0) is 11.5. The molecule has 0 aliphatic carbocycles. The highest BCUT2D eigenvalue weighted by molar-refractivity contribution is 9.10. The fourth-order valence-corrected chi connectivity index (χ4v) is 1.93. The lowest BCUT2D eigenvalue weighted by molar-refractivity contribution is 0.477. The molecule has 0 saturated carbocycles. The quantitative estimate of drug-likeness (QED) is 0.755. The van der Waals surface area contributed by atoms with E-state index in [0.29, 0.717) is 16.5 Å². The molecule has 0 unspecified atom stereocenters. The van der Waals surface area contributed by atoms with E-state index in [1.807, 2.05) is 0 Å². The van der Waals surface area contributed by atoms with E-state index in [1.165, 1.54) is 12.1 Å². The molecule has 0 saturated heterocycles. The molecule has 2 aromatic carbocycles. The van der Waals surface area contributed by atoms with E-state index in [4.69, 9.17) is 16.3 Å². The van der Waals surface area contributed by atoms with Crippen LogP contribution in [-0.4, -0.2) is 0 Å². The summed E-state index contributed by atoms with van der Waals surface area (Å²) in [5.41, 5.74) is 0.